The fourth-order valence-electron chi connectivity index (χ4n) is 1.68. The van der Waals surface area contributed by atoms with Gasteiger partial charge in [-0.05, 0) is 19.1 Å². The SMILES string of the molecule is Cc1nc(COc2ccccc2C(F)(F)F)cn1C. The van der Waals surface area contributed by atoms with Crippen LogP contribution in [0.5, 0.6) is 5.75 Å². The summed E-state index contributed by atoms with van der Waals surface area (Å²) in [5, 5.41) is 0. The molecule has 2 aromatic rings. The highest BCUT2D eigenvalue weighted by Gasteiger charge is 2.34. The summed E-state index contributed by atoms with van der Waals surface area (Å²) >= 11 is 0. The van der Waals surface area contributed by atoms with E-state index in [1.165, 1.54) is 18.2 Å². The third kappa shape index (κ3) is 3.07. The van der Waals surface area contributed by atoms with Crippen molar-refractivity contribution in [2.24, 2.45) is 7.05 Å². The molecule has 1 aromatic carbocycles. The topological polar surface area (TPSA) is 27.1 Å². The van der Waals surface area contributed by atoms with E-state index >= 15 is 0 Å². The monoisotopic (exact) mass is 270 g/mol. The number of nitrogens with zero attached hydrogens (tertiary/aromatic N) is 2. The van der Waals surface area contributed by atoms with Gasteiger partial charge in [-0.1, -0.05) is 12.1 Å². The van der Waals surface area contributed by atoms with Crippen molar-refractivity contribution in [3.8, 4) is 5.75 Å². The third-order valence-corrected chi connectivity index (χ3v) is 2.73. The lowest BCUT2D eigenvalue weighted by Gasteiger charge is -2.12. The molecule has 19 heavy (non-hydrogen) atoms. The van der Waals surface area contributed by atoms with E-state index in [9.17, 15) is 13.2 Å². The Hall–Kier alpha value is -1.98. The molecule has 1 aromatic heterocycles. The van der Waals surface area contributed by atoms with Gasteiger partial charge in [0.25, 0.3) is 0 Å². The van der Waals surface area contributed by atoms with E-state index in [1.807, 2.05) is 14.0 Å². The van der Waals surface area contributed by atoms with Crippen LogP contribution in [0.1, 0.15) is 17.1 Å². The Labute approximate surface area is 108 Å². The summed E-state index contributed by atoms with van der Waals surface area (Å²) in [5.41, 5.74) is -0.181. The molecule has 0 saturated heterocycles. The van der Waals surface area contributed by atoms with E-state index in [1.54, 1.807) is 10.8 Å². The predicted octanol–water partition coefficient (Wildman–Crippen LogP) is 3.33. The number of hydrogen-bond donors (Lipinski definition) is 0. The second-order valence-corrected chi connectivity index (χ2v) is 4.17. The minimum Gasteiger partial charge on any atom is -0.487 e. The summed E-state index contributed by atoms with van der Waals surface area (Å²) in [5.74, 6) is 0.598. The minimum absolute atomic E-state index is 0.00870. The first-order valence-corrected chi connectivity index (χ1v) is 5.66. The van der Waals surface area contributed by atoms with Crippen molar-refractivity contribution in [3.63, 3.8) is 0 Å². The van der Waals surface area contributed by atoms with Crippen LogP contribution >= 0.6 is 0 Å². The first-order chi connectivity index (χ1) is 8.88. The number of hydrogen-bond acceptors (Lipinski definition) is 2. The summed E-state index contributed by atoms with van der Waals surface area (Å²) in [6, 6.07) is 5.15. The Balaban J connectivity index is 2.16. The van der Waals surface area contributed by atoms with Gasteiger partial charge in [0.05, 0.1) is 11.3 Å². The second-order valence-electron chi connectivity index (χ2n) is 4.17. The zero-order valence-corrected chi connectivity index (χ0v) is 10.5. The molecule has 2 rings (SSSR count). The van der Waals surface area contributed by atoms with Crippen LogP contribution < -0.4 is 4.74 Å². The fourth-order valence-corrected chi connectivity index (χ4v) is 1.68. The van der Waals surface area contributed by atoms with Crippen LogP contribution in [0.3, 0.4) is 0 Å². The molecule has 0 unspecified atom stereocenters. The Morgan fingerprint density at radius 2 is 1.95 bits per heavy atom. The van der Waals surface area contributed by atoms with E-state index < -0.39 is 11.7 Å². The highest BCUT2D eigenvalue weighted by Crippen LogP contribution is 2.36. The van der Waals surface area contributed by atoms with Gasteiger partial charge in [0.1, 0.15) is 18.2 Å². The van der Waals surface area contributed by atoms with Gasteiger partial charge in [0.2, 0.25) is 0 Å². The van der Waals surface area contributed by atoms with Crippen LogP contribution in [-0.4, -0.2) is 9.55 Å². The molecule has 0 aliphatic rings. The Morgan fingerprint density at radius 3 is 2.53 bits per heavy atom. The molecule has 0 spiro atoms. The van der Waals surface area contributed by atoms with Crippen LogP contribution in [0.4, 0.5) is 13.2 Å². The maximum absolute atomic E-state index is 12.7. The molecule has 102 valence electrons. The Morgan fingerprint density at radius 1 is 1.26 bits per heavy atom. The normalized spacial score (nSPS) is 11.6. The zero-order valence-electron chi connectivity index (χ0n) is 10.5. The number of imidazole rings is 1. The van der Waals surface area contributed by atoms with Crippen LogP contribution in [-0.2, 0) is 19.8 Å². The van der Waals surface area contributed by atoms with Gasteiger partial charge in [-0.3, -0.25) is 0 Å². The number of aryl methyl sites for hydroxylation is 2. The highest BCUT2D eigenvalue weighted by molar-refractivity contribution is 5.35. The largest absolute Gasteiger partial charge is 0.487 e. The summed E-state index contributed by atoms with van der Waals surface area (Å²) in [6.45, 7) is 1.82. The van der Waals surface area contributed by atoms with Crippen molar-refractivity contribution in [3.05, 3.63) is 47.5 Å². The molecule has 0 bridgehead atoms. The Kier molecular flexibility index (Phi) is 3.50. The first kappa shape index (κ1) is 13.5. The van der Waals surface area contributed by atoms with Crippen LogP contribution in [0, 0.1) is 6.92 Å². The van der Waals surface area contributed by atoms with Crippen LogP contribution in [0.2, 0.25) is 0 Å². The number of aromatic nitrogens is 2. The van der Waals surface area contributed by atoms with Gasteiger partial charge < -0.3 is 9.30 Å². The second kappa shape index (κ2) is 4.95. The lowest BCUT2D eigenvalue weighted by Crippen LogP contribution is -2.08. The van der Waals surface area contributed by atoms with Gasteiger partial charge in [-0.2, -0.15) is 13.2 Å². The molecule has 3 nitrogen and oxygen atoms in total. The molecule has 0 amide bonds. The number of para-hydroxylation sites is 1. The van der Waals surface area contributed by atoms with Gasteiger partial charge in [0, 0.05) is 13.2 Å². The van der Waals surface area contributed by atoms with Crippen molar-refractivity contribution in [1.29, 1.82) is 0 Å². The van der Waals surface area contributed by atoms with Gasteiger partial charge in [0.15, 0.2) is 0 Å². The predicted molar refractivity (Wildman–Crippen MR) is 63.7 cm³/mol. The number of benzene rings is 1. The first-order valence-electron chi connectivity index (χ1n) is 5.66. The number of ether oxygens (including phenoxy) is 1. The molecule has 0 saturated carbocycles. The van der Waals surface area contributed by atoms with Gasteiger partial charge in [-0.25, -0.2) is 4.98 Å². The fraction of sp³-hybridized carbons (Fsp3) is 0.308. The van der Waals surface area contributed by atoms with Crippen molar-refractivity contribution < 1.29 is 17.9 Å². The van der Waals surface area contributed by atoms with Crippen LogP contribution in [0.25, 0.3) is 0 Å². The third-order valence-electron chi connectivity index (χ3n) is 2.73. The van der Waals surface area contributed by atoms with Crippen molar-refractivity contribution >= 4 is 0 Å². The average Bonchev–Trinajstić information content (AvgIpc) is 2.65. The van der Waals surface area contributed by atoms with E-state index in [-0.39, 0.29) is 12.4 Å². The molecule has 0 radical (unpaired) electrons. The molecule has 0 N–H and O–H groups in total. The summed E-state index contributed by atoms with van der Waals surface area (Å²) in [4.78, 5) is 4.17. The molecule has 6 heteroatoms. The molecule has 0 atom stereocenters. The number of halogens is 3. The lowest BCUT2D eigenvalue weighted by molar-refractivity contribution is -0.139. The standard InChI is InChI=1S/C13H13F3N2O/c1-9-17-10(7-18(9)2)8-19-12-6-4-3-5-11(12)13(14,15)16/h3-7H,8H2,1-2H3. The maximum Gasteiger partial charge on any atom is 0.419 e. The van der Waals surface area contributed by atoms with Gasteiger partial charge in [-0.15, -0.1) is 0 Å². The van der Waals surface area contributed by atoms with Gasteiger partial charge >= 0.3 is 6.18 Å². The average molecular weight is 270 g/mol. The van der Waals surface area contributed by atoms with E-state index in [0.29, 0.717) is 5.69 Å². The smallest absolute Gasteiger partial charge is 0.419 e. The molecular formula is C13H13F3N2O. The summed E-state index contributed by atoms with van der Waals surface area (Å²) in [7, 11) is 1.81. The lowest BCUT2D eigenvalue weighted by atomic mass is 10.2. The van der Waals surface area contributed by atoms with Crippen molar-refractivity contribution in [2.45, 2.75) is 19.7 Å². The summed E-state index contributed by atoms with van der Waals surface area (Å²) in [6.07, 6.45) is -2.69. The zero-order chi connectivity index (χ0) is 14.0. The van der Waals surface area contributed by atoms with E-state index in [0.717, 1.165) is 11.9 Å². The number of rotatable bonds is 3. The quantitative estimate of drug-likeness (QED) is 0.855. The van der Waals surface area contributed by atoms with Crippen LogP contribution in [0.15, 0.2) is 30.5 Å². The molecule has 0 aliphatic heterocycles. The van der Waals surface area contributed by atoms with Crippen molar-refractivity contribution in [2.75, 3.05) is 0 Å². The molecule has 0 aliphatic carbocycles. The minimum atomic E-state index is -4.42. The van der Waals surface area contributed by atoms with Crippen molar-refractivity contribution in [1.82, 2.24) is 9.55 Å². The molecule has 0 fully saturated rings. The Bertz CT molecular complexity index is 556. The van der Waals surface area contributed by atoms with E-state index in [2.05, 4.69) is 4.98 Å². The molecule has 1 heterocycles. The maximum atomic E-state index is 12.7. The summed E-state index contributed by atoms with van der Waals surface area (Å²) < 4.78 is 45.2. The highest BCUT2D eigenvalue weighted by atomic mass is 19.4. The number of alkyl halides is 3. The van der Waals surface area contributed by atoms with E-state index in [4.69, 9.17) is 4.74 Å². The molecular weight excluding hydrogens is 257 g/mol.